The van der Waals surface area contributed by atoms with Gasteiger partial charge in [-0.2, -0.15) is 0 Å². The van der Waals surface area contributed by atoms with Gasteiger partial charge in [0.1, 0.15) is 5.82 Å². The Hall–Kier alpha value is -2.05. The van der Waals surface area contributed by atoms with Crippen molar-refractivity contribution >= 4 is 27.0 Å². The van der Waals surface area contributed by atoms with Gasteiger partial charge in [-0.15, -0.1) is 0 Å². The Morgan fingerprint density at radius 3 is 2.81 bits per heavy atom. The lowest BCUT2D eigenvalue weighted by Gasteiger charge is -2.14. The van der Waals surface area contributed by atoms with E-state index in [-0.39, 0.29) is 0 Å². The third kappa shape index (κ3) is 5.23. The van der Waals surface area contributed by atoms with Crippen LogP contribution in [0.15, 0.2) is 40.9 Å². The lowest BCUT2D eigenvalue weighted by atomic mass is 10.2. The number of aryl methyl sites for hydroxylation is 1. The molecule has 0 aliphatic heterocycles. The molecule has 6 heteroatoms. The predicted molar refractivity (Wildman–Crippen MR) is 113 cm³/mol. The molecule has 0 bridgehead atoms. The van der Waals surface area contributed by atoms with E-state index in [9.17, 15) is 0 Å². The molecule has 0 saturated heterocycles. The summed E-state index contributed by atoms with van der Waals surface area (Å²) >= 11 is 3.64. The second kappa shape index (κ2) is 9.76. The fourth-order valence-corrected chi connectivity index (χ4v) is 3.39. The molecular weight excluding hydrogens is 406 g/mol. The average Bonchev–Trinajstić information content (AvgIpc) is 3.10. The van der Waals surface area contributed by atoms with Gasteiger partial charge in [0, 0.05) is 17.4 Å². The maximum absolute atomic E-state index is 5.74. The molecule has 0 aliphatic rings. The van der Waals surface area contributed by atoms with Gasteiger partial charge >= 0.3 is 0 Å². The van der Waals surface area contributed by atoms with E-state index in [1.165, 1.54) is 0 Å². The van der Waals surface area contributed by atoms with Crippen LogP contribution in [0.1, 0.15) is 31.2 Å². The second-order valence-electron chi connectivity index (χ2n) is 6.42. The van der Waals surface area contributed by atoms with Crippen molar-refractivity contribution in [2.24, 2.45) is 0 Å². The minimum absolute atomic E-state index is 0.683. The molecule has 2 aromatic carbocycles. The topological polar surface area (TPSA) is 59.2 Å². The normalized spacial score (nSPS) is 11.1. The minimum atomic E-state index is 0.683. The molecule has 0 fully saturated rings. The van der Waals surface area contributed by atoms with Crippen molar-refractivity contribution < 1.29 is 9.47 Å². The van der Waals surface area contributed by atoms with Crippen molar-refractivity contribution in [3.8, 4) is 11.5 Å². The molecule has 1 aromatic heterocycles. The minimum Gasteiger partial charge on any atom is -0.493 e. The smallest absolute Gasteiger partial charge is 0.162 e. The van der Waals surface area contributed by atoms with Crippen LogP contribution in [0.25, 0.3) is 11.0 Å². The summed E-state index contributed by atoms with van der Waals surface area (Å²) in [5, 5.41) is 3.49. The number of halogens is 1. The fraction of sp³-hybridized carbons (Fsp3) is 0.381. The zero-order valence-electron chi connectivity index (χ0n) is 15.8. The number of nitrogens with zero attached hydrogens (tertiary/aromatic N) is 1. The number of hydrogen-bond donors (Lipinski definition) is 2. The van der Waals surface area contributed by atoms with E-state index in [0.717, 1.165) is 70.7 Å². The highest BCUT2D eigenvalue weighted by Gasteiger charge is 2.10. The Morgan fingerprint density at radius 1 is 1.19 bits per heavy atom. The molecule has 5 nitrogen and oxygen atoms in total. The number of ether oxygens (including phenoxy) is 2. The van der Waals surface area contributed by atoms with Crippen molar-refractivity contribution in [1.82, 2.24) is 15.3 Å². The second-order valence-corrected chi connectivity index (χ2v) is 7.28. The number of benzene rings is 2. The van der Waals surface area contributed by atoms with Gasteiger partial charge in [-0.3, -0.25) is 0 Å². The van der Waals surface area contributed by atoms with Crippen LogP contribution in [-0.2, 0) is 13.0 Å². The number of fused-ring (bicyclic) bond motifs is 1. The quantitative estimate of drug-likeness (QED) is 0.450. The van der Waals surface area contributed by atoms with E-state index in [1.807, 2.05) is 30.3 Å². The van der Waals surface area contributed by atoms with Crippen LogP contribution in [0.3, 0.4) is 0 Å². The summed E-state index contributed by atoms with van der Waals surface area (Å²) in [5.41, 5.74) is 3.28. The molecule has 144 valence electrons. The SMILES string of the molecule is CCCOc1cc(Br)c(CNCCCc2nc3ccccc3[nH]2)cc1OC. The zero-order valence-corrected chi connectivity index (χ0v) is 17.4. The van der Waals surface area contributed by atoms with E-state index in [2.05, 4.69) is 44.2 Å². The molecule has 0 spiro atoms. The molecule has 0 aliphatic carbocycles. The van der Waals surface area contributed by atoms with E-state index in [0.29, 0.717) is 6.61 Å². The highest BCUT2D eigenvalue weighted by molar-refractivity contribution is 9.10. The molecule has 2 N–H and O–H groups in total. The van der Waals surface area contributed by atoms with Crippen LogP contribution in [0.4, 0.5) is 0 Å². The predicted octanol–water partition coefficient (Wildman–Crippen LogP) is 4.85. The highest BCUT2D eigenvalue weighted by Crippen LogP contribution is 2.33. The highest BCUT2D eigenvalue weighted by atomic mass is 79.9. The van der Waals surface area contributed by atoms with Crippen LogP contribution in [0.2, 0.25) is 0 Å². The van der Waals surface area contributed by atoms with Crippen LogP contribution in [-0.4, -0.2) is 30.2 Å². The number of rotatable bonds is 10. The number of aromatic nitrogens is 2. The van der Waals surface area contributed by atoms with Gasteiger partial charge < -0.3 is 19.8 Å². The average molecular weight is 432 g/mol. The molecule has 1 heterocycles. The molecule has 0 atom stereocenters. The van der Waals surface area contributed by atoms with Gasteiger partial charge in [0.2, 0.25) is 0 Å². The molecule has 3 aromatic rings. The first kappa shape index (κ1) is 19.7. The molecule has 0 amide bonds. The van der Waals surface area contributed by atoms with Crippen molar-refractivity contribution in [2.45, 2.75) is 32.7 Å². The van der Waals surface area contributed by atoms with E-state index >= 15 is 0 Å². The molecular formula is C21H26BrN3O2. The third-order valence-corrected chi connectivity index (χ3v) is 5.05. The Balaban J connectivity index is 1.49. The van der Waals surface area contributed by atoms with Crippen LogP contribution in [0.5, 0.6) is 11.5 Å². The molecule has 0 radical (unpaired) electrons. The van der Waals surface area contributed by atoms with Crippen molar-refractivity contribution in [3.63, 3.8) is 0 Å². The summed E-state index contributed by atoms with van der Waals surface area (Å²) in [4.78, 5) is 7.99. The monoisotopic (exact) mass is 431 g/mol. The van der Waals surface area contributed by atoms with Gasteiger partial charge in [-0.05, 0) is 49.2 Å². The number of aromatic amines is 1. The van der Waals surface area contributed by atoms with Crippen LogP contribution >= 0.6 is 15.9 Å². The lowest BCUT2D eigenvalue weighted by Crippen LogP contribution is -2.16. The molecule has 27 heavy (non-hydrogen) atoms. The van der Waals surface area contributed by atoms with Gasteiger partial charge in [0.15, 0.2) is 11.5 Å². The molecule has 3 rings (SSSR count). The summed E-state index contributed by atoms with van der Waals surface area (Å²) in [6.45, 7) is 4.46. The molecule has 0 unspecified atom stereocenters. The summed E-state index contributed by atoms with van der Waals surface area (Å²) in [5.74, 6) is 2.59. The van der Waals surface area contributed by atoms with E-state index in [4.69, 9.17) is 9.47 Å². The van der Waals surface area contributed by atoms with E-state index in [1.54, 1.807) is 7.11 Å². The van der Waals surface area contributed by atoms with Crippen molar-refractivity contribution in [2.75, 3.05) is 20.3 Å². The van der Waals surface area contributed by atoms with Crippen molar-refractivity contribution in [1.29, 1.82) is 0 Å². The fourth-order valence-electron chi connectivity index (χ4n) is 2.92. The Morgan fingerprint density at radius 2 is 2.04 bits per heavy atom. The first-order valence-electron chi connectivity index (χ1n) is 9.34. The maximum atomic E-state index is 5.74. The Kier molecular flexibility index (Phi) is 7.12. The van der Waals surface area contributed by atoms with Gasteiger partial charge in [0.05, 0.1) is 24.8 Å². The maximum Gasteiger partial charge on any atom is 0.162 e. The number of H-pyrrole nitrogens is 1. The summed E-state index contributed by atoms with van der Waals surface area (Å²) in [7, 11) is 1.67. The van der Waals surface area contributed by atoms with Crippen LogP contribution < -0.4 is 14.8 Å². The number of imidazole rings is 1. The summed E-state index contributed by atoms with van der Waals surface area (Å²) < 4.78 is 12.2. The third-order valence-electron chi connectivity index (χ3n) is 4.32. The zero-order chi connectivity index (χ0) is 19.1. The Labute approximate surface area is 168 Å². The van der Waals surface area contributed by atoms with E-state index < -0.39 is 0 Å². The van der Waals surface area contributed by atoms with Gasteiger partial charge in [-0.1, -0.05) is 35.0 Å². The van der Waals surface area contributed by atoms with Crippen LogP contribution in [0, 0.1) is 0 Å². The Bertz CT molecular complexity index is 846. The number of para-hydroxylation sites is 2. The number of nitrogens with one attached hydrogen (secondary N) is 2. The molecule has 0 saturated carbocycles. The van der Waals surface area contributed by atoms with Gasteiger partial charge in [-0.25, -0.2) is 4.98 Å². The van der Waals surface area contributed by atoms with Crippen molar-refractivity contribution in [3.05, 3.63) is 52.3 Å². The summed E-state index contributed by atoms with van der Waals surface area (Å²) in [6.07, 6.45) is 2.91. The summed E-state index contributed by atoms with van der Waals surface area (Å²) in [6, 6.07) is 12.1. The number of methoxy groups -OCH3 is 1. The largest absolute Gasteiger partial charge is 0.493 e. The standard InChI is InChI=1S/C21H26BrN3O2/c1-3-11-27-20-13-16(22)15(12-19(20)26-2)14-23-10-6-9-21-24-17-7-4-5-8-18(17)25-21/h4-5,7-8,12-13,23H,3,6,9-11,14H2,1-2H3,(H,24,25). The first-order chi connectivity index (χ1) is 13.2. The number of hydrogen-bond acceptors (Lipinski definition) is 4. The van der Waals surface area contributed by atoms with Gasteiger partial charge in [0.25, 0.3) is 0 Å². The lowest BCUT2D eigenvalue weighted by molar-refractivity contribution is 0.294. The first-order valence-corrected chi connectivity index (χ1v) is 10.1.